The first kappa shape index (κ1) is 18.6. The van der Waals surface area contributed by atoms with Gasteiger partial charge in [0.2, 0.25) is 10.0 Å². The van der Waals surface area contributed by atoms with Crippen LogP contribution in [0.1, 0.15) is 24.0 Å². The minimum atomic E-state index is -3.43. The minimum absolute atomic E-state index is 0.154. The van der Waals surface area contributed by atoms with E-state index in [4.69, 9.17) is 23.2 Å². The highest BCUT2D eigenvalue weighted by Gasteiger charge is 2.29. The zero-order valence-electron chi connectivity index (χ0n) is 13.7. The van der Waals surface area contributed by atoms with E-state index in [0.29, 0.717) is 34.6 Å². The molecule has 1 aromatic heterocycles. The lowest BCUT2D eigenvalue weighted by Crippen LogP contribution is -2.39. The molecular weight excluding hydrogens is 379 g/mol. The highest BCUT2D eigenvalue weighted by Crippen LogP contribution is 2.29. The van der Waals surface area contributed by atoms with Crippen molar-refractivity contribution in [2.24, 2.45) is 5.92 Å². The van der Waals surface area contributed by atoms with E-state index in [1.165, 1.54) is 5.56 Å². The number of rotatable bonds is 5. The van der Waals surface area contributed by atoms with Crippen molar-refractivity contribution in [3.8, 4) is 0 Å². The normalized spacial score (nSPS) is 16.9. The third-order valence-corrected chi connectivity index (χ3v) is 7.12. The SMILES string of the molecule is O=S(=O)(Cc1c(Cl)cccc1Cl)N1CCC(Cc2cccnc2)CC1. The van der Waals surface area contributed by atoms with E-state index < -0.39 is 10.0 Å². The van der Waals surface area contributed by atoms with Gasteiger partial charge in [-0.15, -0.1) is 0 Å². The highest BCUT2D eigenvalue weighted by atomic mass is 35.5. The molecule has 7 heteroatoms. The monoisotopic (exact) mass is 398 g/mol. The van der Waals surface area contributed by atoms with Crippen LogP contribution in [0.4, 0.5) is 0 Å². The van der Waals surface area contributed by atoms with E-state index >= 15 is 0 Å². The number of nitrogens with zero attached hydrogens (tertiary/aromatic N) is 2. The molecule has 0 radical (unpaired) electrons. The van der Waals surface area contributed by atoms with Gasteiger partial charge in [0.25, 0.3) is 0 Å². The van der Waals surface area contributed by atoms with Crippen molar-refractivity contribution in [1.82, 2.24) is 9.29 Å². The maximum absolute atomic E-state index is 12.7. The summed E-state index contributed by atoms with van der Waals surface area (Å²) in [6.07, 6.45) is 6.29. The predicted octanol–water partition coefficient (Wildman–Crippen LogP) is 4.17. The van der Waals surface area contributed by atoms with Gasteiger partial charge in [-0.2, -0.15) is 0 Å². The molecule has 0 N–H and O–H groups in total. The van der Waals surface area contributed by atoms with Crippen molar-refractivity contribution in [2.45, 2.75) is 25.0 Å². The summed E-state index contributed by atoms with van der Waals surface area (Å²) in [6, 6.07) is 9.04. The standard InChI is InChI=1S/C18H20Cl2N2O2S/c19-17-4-1-5-18(20)16(17)13-25(23,24)22-9-6-14(7-10-22)11-15-3-2-8-21-12-15/h1-5,8,12,14H,6-7,9-11,13H2. The quantitative estimate of drug-likeness (QED) is 0.758. The molecule has 25 heavy (non-hydrogen) atoms. The van der Waals surface area contributed by atoms with Crippen LogP contribution in [0, 0.1) is 5.92 Å². The number of halogens is 2. The molecule has 1 fully saturated rings. The van der Waals surface area contributed by atoms with Crippen LogP contribution in [0.3, 0.4) is 0 Å². The Morgan fingerprint density at radius 2 is 1.76 bits per heavy atom. The average molecular weight is 399 g/mol. The van der Waals surface area contributed by atoms with Crippen molar-refractivity contribution < 1.29 is 8.42 Å². The van der Waals surface area contributed by atoms with Crippen LogP contribution in [0.15, 0.2) is 42.7 Å². The zero-order chi connectivity index (χ0) is 17.9. The smallest absolute Gasteiger partial charge is 0.218 e. The van der Waals surface area contributed by atoms with Crippen molar-refractivity contribution >= 4 is 33.2 Å². The lowest BCUT2D eigenvalue weighted by molar-refractivity contribution is 0.272. The Balaban J connectivity index is 1.62. The second-order valence-electron chi connectivity index (χ2n) is 6.36. The summed E-state index contributed by atoms with van der Waals surface area (Å²) >= 11 is 12.2. The molecule has 0 unspecified atom stereocenters. The Morgan fingerprint density at radius 3 is 2.36 bits per heavy atom. The van der Waals surface area contributed by atoms with Crippen molar-refractivity contribution in [3.05, 3.63) is 63.9 Å². The van der Waals surface area contributed by atoms with Gasteiger partial charge in [-0.25, -0.2) is 12.7 Å². The molecule has 1 saturated heterocycles. The lowest BCUT2D eigenvalue weighted by atomic mass is 9.92. The molecule has 3 rings (SSSR count). The van der Waals surface area contributed by atoms with E-state index in [1.54, 1.807) is 28.7 Å². The number of piperidine rings is 1. The molecule has 0 bridgehead atoms. The lowest BCUT2D eigenvalue weighted by Gasteiger charge is -2.31. The Hall–Kier alpha value is -1.14. The summed E-state index contributed by atoms with van der Waals surface area (Å²) in [5.74, 6) is 0.332. The molecule has 1 aliphatic rings. The minimum Gasteiger partial charge on any atom is -0.264 e. The largest absolute Gasteiger partial charge is 0.264 e. The van der Waals surface area contributed by atoms with E-state index in [0.717, 1.165) is 19.3 Å². The summed E-state index contributed by atoms with van der Waals surface area (Å²) in [5.41, 5.74) is 1.68. The summed E-state index contributed by atoms with van der Waals surface area (Å²) in [4.78, 5) is 4.14. The molecule has 2 heterocycles. The van der Waals surface area contributed by atoms with Crippen molar-refractivity contribution in [2.75, 3.05) is 13.1 Å². The van der Waals surface area contributed by atoms with Gasteiger partial charge in [0, 0.05) is 41.1 Å². The van der Waals surface area contributed by atoms with Gasteiger partial charge in [0.05, 0.1) is 5.75 Å². The molecule has 0 spiro atoms. The Bertz CT molecular complexity index is 800. The Labute approximate surface area is 158 Å². The zero-order valence-corrected chi connectivity index (χ0v) is 16.1. The molecule has 0 atom stereocenters. The molecule has 0 amide bonds. The molecule has 1 aliphatic heterocycles. The number of aromatic nitrogens is 1. The topological polar surface area (TPSA) is 50.3 Å². The van der Waals surface area contributed by atoms with Crippen LogP contribution in [0.25, 0.3) is 0 Å². The molecular formula is C18H20Cl2N2O2S. The fourth-order valence-corrected chi connectivity index (χ4v) is 5.50. The Morgan fingerprint density at radius 1 is 1.08 bits per heavy atom. The van der Waals surface area contributed by atoms with Crippen LogP contribution in [0.5, 0.6) is 0 Å². The summed E-state index contributed by atoms with van der Waals surface area (Å²) in [6.45, 7) is 1.07. The van der Waals surface area contributed by atoms with E-state index in [9.17, 15) is 8.42 Å². The predicted molar refractivity (Wildman–Crippen MR) is 101 cm³/mol. The fraction of sp³-hybridized carbons (Fsp3) is 0.389. The van der Waals surface area contributed by atoms with E-state index in [-0.39, 0.29) is 5.75 Å². The maximum atomic E-state index is 12.7. The molecule has 1 aromatic carbocycles. The van der Waals surface area contributed by atoms with Gasteiger partial charge in [0.15, 0.2) is 0 Å². The first-order chi connectivity index (χ1) is 12.0. The molecule has 134 valence electrons. The van der Waals surface area contributed by atoms with Gasteiger partial charge in [-0.1, -0.05) is 35.3 Å². The second kappa shape index (κ2) is 8.04. The van der Waals surface area contributed by atoms with Gasteiger partial charge < -0.3 is 0 Å². The fourth-order valence-electron chi connectivity index (χ4n) is 3.19. The van der Waals surface area contributed by atoms with Crippen molar-refractivity contribution in [3.63, 3.8) is 0 Å². The van der Waals surface area contributed by atoms with Gasteiger partial charge in [0.1, 0.15) is 0 Å². The van der Waals surface area contributed by atoms with Gasteiger partial charge in [-0.3, -0.25) is 4.98 Å². The van der Waals surface area contributed by atoms with E-state index in [2.05, 4.69) is 11.1 Å². The first-order valence-electron chi connectivity index (χ1n) is 8.25. The second-order valence-corrected chi connectivity index (χ2v) is 9.15. The molecule has 0 saturated carbocycles. The van der Waals surface area contributed by atoms with E-state index in [1.807, 2.05) is 12.3 Å². The molecule has 2 aromatic rings. The maximum Gasteiger partial charge on any atom is 0.218 e. The number of benzene rings is 1. The molecule has 0 aliphatic carbocycles. The highest BCUT2D eigenvalue weighted by molar-refractivity contribution is 7.88. The first-order valence-corrected chi connectivity index (χ1v) is 10.6. The van der Waals surface area contributed by atoms with Gasteiger partial charge in [-0.05, 0) is 48.9 Å². The van der Waals surface area contributed by atoms with Gasteiger partial charge >= 0.3 is 0 Å². The third-order valence-electron chi connectivity index (χ3n) is 4.60. The van der Waals surface area contributed by atoms with Crippen LogP contribution in [0.2, 0.25) is 10.0 Å². The third kappa shape index (κ3) is 4.73. The summed E-state index contributed by atoms with van der Waals surface area (Å²) in [5, 5.41) is 0.782. The van der Waals surface area contributed by atoms with Crippen LogP contribution in [-0.4, -0.2) is 30.8 Å². The number of hydrogen-bond acceptors (Lipinski definition) is 3. The van der Waals surface area contributed by atoms with Crippen LogP contribution in [-0.2, 0) is 22.2 Å². The average Bonchev–Trinajstić information content (AvgIpc) is 2.60. The Kier molecular flexibility index (Phi) is 6.00. The van der Waals surface area contributed by atoms with Crippen LogP contribution < -0.4 is 0 Å². The number of hydrogen-bond donors (Lipinski definition) is 0. The van der Waals surface area contributed by atoms with Crippen LogP contribution >= 0.6 is 23.2 Å². The summed E-state index contributed by atoms with van der Waals surface area (Å²) in [7, 11) is -3.43. The number of sulfonamides is 1. The number of pyridine rings is 1. The van der Waals surface area contributed by atoms with Crippen molar-refractivity contribution in [1.29, 1.82) is 0 Å². The molecule has 4 nitrogen and oxygen atoms in total. The summed E-state index contributed by atoms with van der Waals surface area (Å²) < 4.78 is 27.0.